The number of unbranched alkanes of at least 4 members (excludes halogenated alkanes) is 1. The van der Waals surface area contributed by atoms with Crippen molar-refractivity contribution in [2.45, 2.75) is 33.2 Å². The van der Waals surface area contributed by atoms with Crippen LogP contribution in [0.5, 0.6) is 0 Å². The highest BCUT2D eigenvalue weighted by molar-refractivity contribution is 5.82. The van der Waals surface area contributed by atoms with E-state index in [1.807, 2.05) is 27.0 Å². The first-order valence-corrected chi connectivity index (χ1v) is 7.60. The zero-order chi connectivity index (χ0) is 15.2. The van der Waals surface area contributed by atoms with Crippen LogP contribution >= 0.6 is 0 Å². The zero-order valence-corrected chi connectivity index (χ0v) is 13.2. The molecule has 4 heteroatoms. The van der Waals surface area contributed by atoms with Crippen LogP contribution in [0.15, 0.2) is 23.0 Å². The number of rotatable bonds is 7. The van der Waals surface area contributed by atoms with E-state index in [1.54, 1.807) is 6.07 Å². The summed E-state index contributed by atoms with van der Waals surface area (Å²) in [6.45, 7) is 6.78. The number of pyridine rings is 1. The van der Waals surface area contributed by atoms with Gasteiger partial charge in [0.1, 0.15) is 0 Å². The molecule has 0 fully saturated rings. The molecule has 0 spiro atoms. The standard InChI is InChI=1S/C17H25N3O/c1-12-8-13(2)17-15(9-12)16(21)10-14(20-17)11-19-7-5-4-6-18-3/h8-10,18-19H,4-7,11H2,1-3H3,(H,20,21). The van der Waals surface area contributed by atoms with Crippen molar-refractivity contribution in [2.75, 3.05) is 20.1 Å². The van der Waals surface area contributed by atoms with Crippen LogP contribution in [0.4, 0.5) is 0 Å². The fourth-order valence-corrected chi connectivity index (χ4v) is 2.63. The predicted octanol–water partition coefficient (Wildman–Crippen LogP) is 2.23. The summed E-state index contributed by atoms with van der Waals surface area (Å²) in [5.74, 6) is 0. The van der Waals surface area contributed by atoms with Gasteiger partial charge < -0.3 is 15.6 Å². The van der Waals surface area contributed by atoms with Crippen LogP contribution in [0, 0.1) is 13.8 Å². The van der Waals surface area contributed by atoms with Gasteiger partial charge in [-0.1, -0.05) is 6.07 Å². The van der Waals surface area contributed by atoms with Gasteiger partial charge in [0, 0.05) is 23.7 Å². The largest absolute Gasteiger partial charge is 0.357 e. The van der Waals surface area contributed by atoms with Crippen molar-refractivity contribution < 1.29 is 0 Å². The van der Waals surface area contributed by atoms with E-state index in [4.69, 9.17) is 0 Å². The first kappa shape index (κ1) is 15.7. The summed E-state index contributed by atoms with van der Waals surface area (Å²) in [5, 5.41) is 7.31. The number of aryl methyl sites for hydroxylation is 2. The van der Waals surface area contributed by atoms with Gasteiger partial charge in [0.25, 0.3) is 0 Å². The second-order valence-corrected chi connectivity index (χ2v) is 5.65. The van der Waals surface area contributed by atoms with Crippen molar-refractivity contribution in [3.05, 3.63) is 45.2 Å². The molecule has 0 aliphatic carbocycles. The maximum Gasteiger partial charge on any atom is 0.189 e. The molecule has 21 heavy (non-hydrogen) atoms. The number of aromatic nitrogens is 1. The van der Waals surface area contributed by atoms with Gasteiger partial charge in [0.2, 0.25) is 0 Å². The predicted molar refractivity (Wildman–Crippen MR) is 88.9 cm³/mol. The van der Waals surface area contributed by atoms with Crippen molar-refractivity contribution in [1.82, 2.24) is 15.6 Å². The van der Waals surface area contributed by atoms with E-state index >= 15 is 0 Å². The molecule has 114 valence electrons. The summed E-state index contributed by atoms with van der Waals surface area (Å²) >= 11 is 0. The molecular weight excluding hydrogens is 262 g/mol. The number of nitrogens with one attached hydrogen (secondary N) is 3. The maximum atomic E-state index is 12.2. The van der Waals surface area contributed by atoms with E-state index in [1.165, 1.54) is 0 Å². The van der Waals surface area contributed by atoms with E-state index in [2.05, 4.69) is 21.7 Å². The lowest BCUT2D eigenvalue weighted by Gasteiger charge is -2.09. The first-order valence-electron chi connectivity index (χ1n) is 7.60. The Morgan fingerprint density at radius 1 is 1.10 bits per heavy atom. The van der Waals surface area contributed by atoms with Crippen LogP contribution in [0.3, 0.4) is 0 Å². The molecule has 1 aromatic heterocycles. The van der Waals surface area contributed by atoms with Gasteiger partial charge >= 0.3 is 0 Å². The Bertz CT molecular complexity index is 661. The third-order valence-corrected chi connectivity index (χ3v) is 3.68. The molecule has 0 amide bonds. The Labute approximate surface area is 126 Å². The Kier molecular flexibility index (Phi) is 5.53. The van der Waals surface area contributed by atoms with Gasteiger partial charge in [-0.15, -0.1) is 0 Å². The summed E-state index contributed by atoms with van der Waals surface area (Å²) in [5.41, 5.74) is 4.26. The molecule has 2 aromatic rings. The highest BCUT2D eigenvalue weighted by Crippen LogP contribution is 2.16. The van der Waals surface area contributed by atoms with Crippen LogP contribution in [-0.2, 0) is 6.54 Å². The lowest BCUT2D eigenvalue weighted by Crippen LogP contribution is -2.19. The Balaban J connectivity index is 2.06. The van der Waals surface area contributed by atoms with Gasteiger partial charge in [-0.3, -0.25) is 4.79 Å². The van der Waals surface area contributed by atoms with E-state index in [0.29, 0.717) is 6.54 Å². The van der Waals surface area contributed by atoms with Gasteiger partial charge in [0.15, 0.2) is 5.43 Å². The molecule has 0 aliphatic rings. The molecule has 0 radical (unpaired) electrons. The molecule has 2 rings (SSSR count). The second-order valence-electron chi connectivity index (χ2n) is 5.65. The van der Waals surface area contributed by atoms with Gasteiger partial charge in [0.05, 0.1) is 5.52 Å². The summed E-state index contributed by atoms with van der Waals surface area (Å²) < 4.78 is 0. The van der Waals surface area contributed by atoms with Gasteiger partial charge in [-0.05, 0) is 64.0 Å². The molecule has 3 N–H and O–H groups in total. The molecule has 0 saturated carbocycles. The van der Waals surface area contributed by atoms with E-state index in [-0.39, 0.29) is 5.43 Å². The van der Waals surface area contributed by atoms with Crippen LogP contribution in [0.2, 0.25) is 0 Å². The van der Waals surface area contributed by atoms with Crippen LogP contribution in [0.25, 0.3) is 10.9 Å². The minimum atomic E-state index is 0.0996. The number of hydrogen-bond donors (Lipinski definition) is 3. The molecular formula is C17H25N3O. The highest BCUT2D eigenvalue weighted by atomic mass is 16.1. The molecule has 1 aromatic carbocycles. The van der Waals surface area contributed by atoms with Crippen LogP contribution in [0.1, 0.15) is 29.7 Å². The van der Waals surface area contributed by atoms with Crippen molar-refractivity contribution in [3.8, 4) is 0 Å². The lowest BCUT2D eigenvalue weighted by atomic mass is 10.1. The van der Waals surface area contributed by atoms with E-state index in [0.717, 1.165) is 53.7 Å². The SMILES string of the molecule is CNCCCCNCc1cc(=O)c2cc(C)cc(C)c2[nH]1. The number of fused-ring (bicyclic) bond motifs is 1. The van der Waals surface area contributed by atoms with Crippen molar-refractivity contribution in [2.24, 2.45) is 0 Å². The second kappa shape index (κ2) is 7.38. The van der Waals surface area contributed by atoms with Crippen molar-refractivity contribution in [1.29, 1.82) is 0 Å². The molecule has 0 bridgehead atoms. The minimum absolute atomic E-state index is 0.0996. The average molecular weight is 287 g/mol. The van der Waals surface area contributed by atoms with Crippen LogP contribution < -0.4 is 16.1 Å². The molecule has 0 atom stereocenters. The zero-order valence-electron chi connectivity index (χ0n) is 13.2. The molecule has 0 saturated heterocycles. The smallest absolute Gasteiger partial charge is 0.189 e. The third kappa shape index (κ3) is 4.16. The average Bonchev–Trinajstić information content (AvgIpc) is 2.44. The topological polar surface area (TPSA) is 56.9 Å². The maximum absolute atomic E-state index is 12.2. The fraction of sp³-hybridized carbons (Fsp3) is 0.471. The quantitative estimate of drug-likeness (QED) is 0.685. The van der Waals surface area contributed by atoms with Crippen molar-refractivity contribution >= 4 is 10.9 Å². The molecule has 0 unspecified atom stereocenters. The summed E-state index contributed by atoms with van der Waals surface area (Å²) in [6.07, 6.45) is 2.30. The Morgan fingerprint density at radius 3 is 2.62 bits per heavy atom. The molecule has 0 aliphatic heterocycles. The van der Waals surface area contributed by atoms with Gasteiger partial charge in [-0.25, -0.2) is 0 Å². The van der Waals surface area contributed by atoms with Crippen LogP contribution in [-0.4, -0.2) is 25.1 Å². The third-order valence-electron chi connectivity index (χ3n) is 3.68. The molecule has 4 nitrogen and oxygen atoms in total. The van der Waals surface area contributed by atoms with E-state index in [9.17, 15) is 4.79 Å². The lowest BCUT2D eigenvalue weighted by molar-refractivity contribution is 0.601. The normalized spacial score (nSPS) is 11.2. The van der Waals surface area contributed by atoms with Gasteiger partial charge in [-0.2, -0.15) is 0 Å². The first-order chi connectivity index (χ1) is 10.1. The Morgan fingerprint density at radius 2 is 1.86 bits per heavy atom. The summed E-state index contributed by atoms with van der Waals surface area (Å²) in [7, 11) is 1.97. The number of H-pyrrole nitrogens is 1. The summed E-state index contributed by atoms with van der Waals surface area (Å²) in [6, 6.07) is 5.77. The monoisotopic (exact) mass is 287 g/mol. The number of aromatic amines is 1. The molecule has 1 heterocycles. The summed E-state index contributed by atoms with van der Waals surface area (Å²) in [4.78, 5) is 15.6. The fourth-order valence-electron chi connectivity index (χ4n) is 2.63. The van der Waals surface area contributed by atoms with Crippen molar-refractivity contribution in [3.63, 3.8) is 0 Å². The van der Waals surface area contributed by atoms with E-state index < -0.39 is 0 Å². The Hall–Kier alpha value is -1.65. The number of benzene rings is 1. The minimum Gasteiger partial charge on any atom is -0.357 e. The highest BCUT2D eigenvalue weighted by Gasteiger charge is 2.05. The number of hydrogen-bond acceptors (Lipinski definition) is 3.